The number of aliphatic carboxylic acids is 1. The van der Waals surface area contributed by atoms with Crippen molar-refractivity contribution >= 4 is 34.2 Å². The Morgan fingerprint density at radius 1 is 1.53 bits per heavy atom. The predicted molar refractivity (Wildman–Crippen MR) is 61.2 cm³/mol. The van der Waals surface area contributed by atoms with Crippen LogP contribution in [0, 0.1) is 10.1 Å². The van der Waals surface area contributed by atoms with Crippen LogP contribution in [-0.4, -0.2) is 27.1 Å². The molecule has 0 amide bonds. The average molecular weight is 274 g/mol. The second-order valence-corrected chi connectivity index (χ2v) is 5.40. The maximum absolute atomic E-state index is 11.2. The molecule has 1 aromatic rings. The van der Waals surface area contributed by atoms with Crippen LogP contribution in [0.2, 0.25) is 0 Å². The highest BCUT2D eigenvalue weighted by Gasteiger charge is 2.16. The lowest BCUT2D eigenvalue weighted by atomic mass is 10.3. The van der Waals surface area contributed by atoms with Crippen molar-refractivity contribution in [1.82, 2.24) is 0 Å². The fraction of sp³-hybridized carbons (Fsp3) is 0.222. The first-order valence-corrected chi connectivity index (χ1v) is 6.90. The molecule has 6 nitrogen and oxygen atoms in total. The molecule has 1 rings (SSSR count). The van der Waals surface area contributed by atoms with Crippen LogP contribution in [0.1, 0.15) is 0 Å². The van der Waals surface area contributed by atoms with Gasteiger partial charge in [0.1, 0.15) is 0 Å². The molecule has 17 heavy (non-hydrogen) atoms. The minimum Gasteiger partial charge on any atom is -0.549 e. The quantitative estimate of drug-likeness (QED) is 0.431. The van der Waals surface area contributed by atoms with Gasteiger partial charge in [0.15, 0.2) is 0 Å². The summed E-state index contributed by atoms with van der Waals surface area (Å²) >= 11 is 0.801. The lowest BCUT2D eigenvalue weighted by Crippen LogP contribution is -2.24. The van der Waals surface area contributed by atoms with Crippen molar-refractivity contribution in [3.8, 4) is 0 Å². The smallest absolute Gasteiger partial charge is 0.284 e. The van der Waals surface area contributed by atoms with Crippen LogP contribution >= 0.6 is 11.8 Å². The highest BCUT2D eigenvalue weighted by Crippen LogP contribution is 2.30. The van der Waals surface area contributed by atoms with Crippen LogP contribution in [-0.2, 0) is 15.6 Å². The summed E-state index contributed by atoms with van der Waals surface area (Å²) in [5.74, 6) is -1.66. The lowest BCUT2D eigenvalue weighted by molar-refractivity contribution is -0.387. The molecule has 0 saturated heterocycles. The number of carboxylic acid groups (broad SMARTS) is 1. The highest BCUT2D eigenvalue weighted by atomic mass is 32.2. The van der Waals surface area contributed by atoms with Crippen LogP contribution in [0.3, 0.4) is 0 Å². The zero-order valence-corrected chi connectivity index (χ0v) is 10.4. The standard InChI is InChI=1S/C9H9NO5S2/c1-17(15)6-2-3-8(16-5-9(11)12)7(4-6)10(13)14/h2-4H,5H2,1H3,(H,11,12)/p-1/t17-/m1/s1. The van der Waals surface area contributed by atoms with Crippen LogP contribution in [0.4, 0.5) is 5.69 Å². The first-order valence-electron chi connectivity index (χ1n) is 4.36. The molecule has 0 fully saturated rings. The summed E-state index contributed by atoms with van der Waals surface area (Å²) in [7, 11) is -1.32. The van der Waals surface area contributed by atoms with Gasteiger partial charge < -0.3 is 9.90 Å². The third kappa shape index (κ3) is 3.82. The summed E-state index contributed by atoms with van der Waals surface area (Å²) in [6.07, 6.45) is 1.41. The van der Waals surface area contributed by atoms with E-state index in [0.29, 0.717) is 4.90 Å². The zero-order valence-electron chi connectivity index (χ0n) is 8.74. The van der Waals surface area contributed by atoms with E-state index in [-0.39, 0.29) is 16.3 Å². The molecule has 0 aliphatic heterocycles. The fourth-order valence-corrected chi connectivity index (χ4v) is 2.33. The van der Waals surface area contributed by atoms with Crippen molar-refractivity contribution in [2.75, 3.05) is 12.0 Å². The molecule has 0 saturated carbocycles. The summed E-state index contributed by atoms with van der Waals surface area (Å²) in [6, 6.07) is 4.05. The van der Waals surface area contributed by atoms with Crippen LogP contribution < -0.4 is 5.11 Å². The van der Waals surface area contributed by atoms with Crippen molar-refractivity contribution in [1.29, 1.82) is 0 Å². The molecular weight excluding hydrogens is 266 g/mol. The van der Waals surface area contributed by atoms with Crippen molar-refractivity contribution in [3.05, 3.63) is 28.3 Å². The number of benzene rings is 1. The molecule has 1 atom stereocenters. The van der Waals surface area contributed by atoms with Gasteiger partial charge in [0, 0.05) is 23.0 Å². The van der Waals surface area contributed by atoms with Gasteiger partial charge in [-0.1, -0.05) is 0 Å². The third-order valence-corrected chi connectivity index (χ3v) is 3.76. The monoisotopic (exact) mass is 274 g/mol. The Kier molecular flexibility index (Phi) is 4.64. The van der Waals surface area contributed by atoms with Crippen LogP contribution in [0.5, 0.6) is 0 Å². The highest BCUT2D eigenvalue weighted by molar-refractivity contribution is 8.00. The van der Waals surface area contributed by atoms with E-state index in [1.165, 1.54) is 24.5 Å². The molecule has 0 N–H and O–H groups in total. The molecule has 0 aromatic heterocycles. The van der Waals surface area contributed by atoms with E-state index in [4.69, 9.17) is 0 Å². The molecule has 8 heteroatoms. The fourth-order valence-electron chi connectivity index (χ4n) is 1.08. The number of hydrogen-bond donors (Lipinski definition) is 0. The first kappa shape index (κ1) is 13.7. The zero-order chi connectivity index (χ0) is 13.0. The molecule has 0 bridgehead atoms. The van der Waals surface area contributed by atoms with E-state index >= 15 is 0 Å². The molecular formula is C9H8NO5S2-. The number of nitro groups is 1. The number of thioether (sulfide) groups is 1. The maximum atomic E-state index is 11.2. The Labute approximate surface area is 104 Å². The van der Waals surface area contributed by atoms with Gasteiger partial charge in [-0.05, 0) is 12.1 Å². The predicted octanol–water partition coefficient (Wildman–Crippen LogP) is 0.174. The number of carboxylic acids is 1. The Bertz CT molecular complexity index is 488. The van der Waals surface area contributed by atoms with E-state index in [2.05, 4.69) is 0 Å². The van der Waals surface area contributed by atoms with Crippen LogP contribution in [0.25, 0.3) is 0 Å². The van der Waals surface area contributed by atoms with Crippen molar-refractivity contribution in [2.45, 2.75) is 9.79 Å². The molecule has 0 heterocycles. The van der Waals surface area contributed by atoms with E-state index in [9.17, 15) is 24.2 Å². The van der Waals surface area contributed by atoms with Gasteiger partial charge >= 0.3 is 0 Å². The van der Waals surface area contributed by atoms with Gasteiger partial charge in [0.2, 0.25) is 0 Å². The maximum Gasteiger partial charge on any atom is 0.284 e. The van der Waals surface area contributed by atoms with E-state index in [1.54, 1.807) is 0 Å². The van der Waals surface area contributed by atoms with Gasteiger partial charge in [-0.25, -0.2) is 0 Å². The largest absolute Gasteiger partial charge is 0.549 e. The normalized spacial score (nSPS) is 12.1. The topological polar surface area (TPSA) is 100 Å². The summed E-state index contributed by atoms with van der Waals surface area (Å²) < 4.78 is 11.2. The Hall–Kier alpha value is -1.41. The van der Waals surface area contributed by atoms with Gasteiger partial charge in [-0.15, -0.1) is 11.8 Å². The lowest BCUT2D eigenvalue weighted by Gasteiger charge is -2.05. The summed E-state index contributed by atoms with van der Waals surface area (Å²) in [5.41, 5.74) is -0.246. The first-order chi connectivity index (χ1) is 7.91. The molecule has 0 aliphatic rings. The van der Waals surface area contributed by atoms with E-state index < -0.39 is 21.7 Å². The average Bonchev–Trinajstić information content (AvgIpc) is 2.25. The second-order valence-electron chi connectivity index (χ2n) is 3.00. The molecule has 1 aromatic carbocycles. The molecule has 0 spiro atoms. The van der Waals surface area contributed by atoms with E-state index in [1.807, 2.05) is 0 Å². The second kappa shape index (κ2) is 5.78. The summed E-state index contributed by atoms with van der Waals surface area (Å²) in [5, 5.41) is 21.0. The number of nitro benzene ring substituents is 1. The Balaban J connectivity index is 3.08. The minimum atomic E-state index is -1.32. The minimum absolute atomic E-state index is 0.216. The van der Waals surface area contributed by atoms with E-state index in [0.717, 1.165) is 11.8 Å². The van der Waals surface area contributed by atoms with Crippen molar-refractivity contribution in [3.63, 3.8) is 0 Å². The Morgan fingerprint density at radius 3 is 2.65 bits per heavy atom. The van der Waals surface area contributed by atoms with Gasteiger partial charge in [0.25, 0.3) is 5.69 Å². The van der Waals surface area contributed by atoms with Crippen LogP contribution in [0.15, 0.2) is 28.0 Å². The van der Waals surface area contributed by atoms with Gasteiger partial charge in [0.05, 0.1) is 26.6 Å². The number of nitrogens with zero attached hydrogens (tertiary/aromatic N) is 1. The van der Waals surface area contributed by atoms with Crippen molar-refractivity contribution in [2.24, 2.45) is 0 Å². The summed E-state index contributed by atoms with van der Waals surface area (Å²) in [4.78, 5) is 21.0. The third-order valence-electron chi connectivity index (χ3n) is 1.80. The number of hydrogen-bond acceptors (Lipinski definition) is 6. The number of carbonyl (C=O) groups is 1. The number of carbonyl (C=O) groups excluding carboxylic acids is 1. The van der Waals surface area contributed by atoms with Gasteiger partial charge in [-0.2, -0.15) is 0 Å². The molecule has 92 valence electrons. The summed E-state index contributed by atoms with van der Waals surface area (Å²) in [6.45, 7) is 0. The van der Waals surface area contributed by atoms with Crippen molar-refractivity contribution < 1.29 is 19.0 Å². The SMILES string of the molecule is C[S@@](=O)c1ccc(SCC(=O)[O-])c([N+](=O)[O-])c1. The molecule has 0 radical (unpaired) electrons. The molecule has 0 unspecified atom stereocenters. The molecule has 0 aliphatic carbocycles. The van der Waals surface area contributed by atoms with Gasteiger partial charge in [-0.3, -0.25) is 14.3 Å². The Morgan fingerprint density at radius 2 is 2.18 bits per heavy atom. The number of rotatable bonds is 5.